The molecule has 0 bridgehead atoms. The molecular formula is C24H33N3O5S. The van der Waals surface area contributed by atoms with E-state index in [4.69, 9.17) is 4.74 Å². The molecule has 0 saturated carbocycles. The lowest BCUT2D eigenvalue weighted by atomic mass is 10.0. The van der Waals surface area contributed by atoms with Crippen molar-refractivity contribution >= 4 is 27.5 Å². The fourth-order valence-corrected chi connectivity index (χ4v) is 4.43. The summed E-state index contributed by atoms with van der Waals surface area (Å²) in [6.07, 6.45) is 1.08. The van der Waals surface area contributed by atoms with E-state index in [1.807, 2.05) is 32.0 Å². The first-order valence-electron chi connectivity index (χ1n) is 10.7. The van der Waals surface area contributed by atoms with Gasteiger partial charge in [-0.3, -0.25) is 13.9 Å². The van der Waals surface area contributed by atoms with Crippen molar-refractivity contribution in [1.82, 2.24) is 10.2 Å². The van der Waals surface area contributed by atoms with Gasteiger partial charge in [0, 0.05) is 13.6 Å². The summed E-state index contributed by atoms with van der Waals surface area (Å²) in [5.74, 6) is -0.160. The largest absolute Gasteiger partial charge is 0.497 e. The van der Waals surface area contributed by atoms with E-state index in [9.17, 15) is 18.0 Å². The smallest absolute Gasteiger partial charge is 0.244 e. The molecular weight excluding hydrogens is 442 g/mol. The molecule has 1 atom stereocenters. The Hall–Kier alpha value is -3.07. The molecule has 0 aliphatic carbocycles. The van der Waals surface area contributed by atoms with Crippen LogP contribution in [0.25, 0.3) is 0 Å². The van der Waals surface area contributed by atoms with Crippen molar-refractivity contribution in [1.29, 1.82) is 0 Å². The maximum atomic E-state index is 13.5. The van der Waals surface area contributed by atoms with Crippen molar-refractivity contribution in [3.05, 3.63) is 59.7 Å². The molecule has 1 unspecified atom stereocenters. The number of anilines is 1. The molecule has 0 heterocycles. The van der Waals surface area contributed by atoms with Crippen molar-refractivity contribution in [2.24, 2.45) is 0 Å². The summed E-state index contributed by atoms with van der Waals surface area (Å²) in [4.78, 5) is 27.3. The third kappa shape index (κ3) is 6.71. The van der Waals surface area contributed by atoms with Crippen LogP contribution in [0.1, 0.15) is 37.8 Å². The number of methoxy groups -OCH3 is 1. The number of hydrogen-bond acceptors (Lipinski definition) is 5. The van der Waals surface area contributed by atoms with Crippen molar-refractivity contribution in [2.75, 3.05) is 31.3 Å². The molecule has 0 fully saturated rings. The minimum atomic E-state index is -3.77. The lowest BCUT2D eigenvalue weighted by Crippen LogP contribution is -2.50. The van der Waals surface area contributed by atoms with Crippen molar-refractivity contribution in [3.63, 3.8) is 0 Å². The summed E-state index contributed by atoms with van der Waals surface area (Å²) in [5.41, 5.74) is 2.03. The normalized spacial score (nSPS) is 12.2. The fourth-order valence-electron chi connectivity index (χ4n) is 3.56. The van der Waals surface area contributed by atoms with E-state index in [0.29, 0.717) is 11.4 Å². The second kappa shape index (κ2) is 11.2. The quantitative estimate of drug-likeness (QED) is 0.570. The number of sulfonamides is 1. The molecule has 2 rings (SSSR count). The lowest BCUT2D eigenvalue weighted by Gasteiger charge is -2.32. The Kier molecular flexibility index (Phi) is 8.87. The zero-order valence-electron chi connectivity index (χ0n) is 20.0. The van der Waals surface area contributed by atoms with E-state index in [1.165, 1.54) is 11.9 Å². The van der Waals surface area contributed by atoms with Crippen LogP contribution in [0.3, 0.4) is 0 Å². The fraction of sp³-hybridized carbons (Fsp3) is 0.417. The first-order chi connectivity index (χ1) is 15.5. The second-order valence-corrected chi connectivity index (χ2v) is 10.1. The zero-order chi connectivity index (χ0) is 24.8. The maximum absolute atomic E-state index is 13.5. The van der Waals surface area contributed by atoms with Gasteiger partial charge in [0.1, 0.15) is 18.3 Å². The standard InChI is InChI=1S/C24H33N3O5S/c1-17(2)21-12-7-8-13-22(21)27(33(6,30)31)16-23(28)26(18(3)24(29)25-4)15-19-10-9-11-20(14-19)32-5/h7-14,17-18H,15-16H2,1-6H3,(H,25,29). The molecule has 0 aliphatic rings. The predicted octanol–water partition coefficient (Wildman–Crippen LogP) is 2.75. The van der Waals surface area contributed by atoms with Crippen LogP contribution in [0.5, 0.6) is 5.75 Å². The summed E-state index contributed by atoms with van der Waals surface area (Å²) in [6.45, 7) is 5.24. The van der Waals surface area contributed by atoms with E-state index < -0.39 is 28.5 Å². The summed E-state index contributed by atoms with van der Waals surface area (Å²) in [5, 5.41) is 2.56. The van der Waals surface area contributed by atoms with Crippen LogP contribution in [0.2, 0.25) is 0 Å². The molecule has 0 aromatic heterocycles. The van der Waals surface area contributed by atoms with Crippen LogP contribution < -0.4 is 14.4 Å². The van der Waals surface area contributed by atoms with Gasteiger partial charge in [0.2, 0.25) is 21.8 Å². The highest BCUT2D eigenvalue weighted by atomic mass is 32.2. The minimum absolute atomic E-state index is 0.0539. The summed E-state index contributed by atoms with van der Waals surface area (Å²) < 4.78 is 31.8. The number of para-hydroxylation sites is 1. The van der Waals surface area contributed by atoms with Gasteiger partial charge in [-0.2, -0.15) is 0 Å². The summed E-state index contributed by atoms with van der Waals surface area (Å²) >= 11 is 0. The van der Waals surface area contributed by atoms with Crippen LogP contribution >= 0.6 is 0 Å². The molecule has 2 aromatic carbocycles. The first-order valence-corrected chi connectivity index (χ1v) is 12.5. The molecule has 0 saturated heterocycles. The van der Waals surface area contributed by atoms with Crippen molar-refractivity contribution < 1.29 is 22.7 Å². The molecule has 33 heavy (non-hydrogen) atoms. The van der Waals surface area contributed by atoms with Crippen molar-refractivity contribution in [3.8, 4) is 5.75 Å². The third-order valence-corrected chi connectivity index (χ3v) is 6.53. The van der Waals surface area contributed by atoms with E-state index in [1.54, 1.807) is 44.4 Å². The van der Waals surface area contributed by atoms with Gasteiger partial charge in [0.05, 0.1) is 19.1 Å². The molecule has 8 nitrogen and oxygen atoms in total. The summed E-state index contributed by atoms with van der Waals surface area (Å²) in [6, 6.07) is 13.5. The van der Waals surface area contributed by atoms with Gasteiger partial charge in [0.25, 0.3) is 0 Å². The van der Waals surface area contributed by atoms with Gasteiger partial charge < -0.3 is 15.0 Å². The van der Waals surface area contributed by atoms with Crippen LogP contribution in [0.4, 0.5) is 5.69 Å². The second-order valence-electron chi connectivity index (χ2n) is 8.15. The van der Waals surface area contributed by atoms with Crippen LogP contribution in [0, 0.1) is 0 Å². The van der Waals surface area contributed by atoms with Crippen LogP contribution in [0.15, 0.2) is 48.5 Å². The minimum Gasteiger partial charge on any atom is -0.497 e. The molecule has 2 amide bonds. The number of nitrogens with one attached hydrogen (secondary N) is 1. The number of amides is 2. The molecule has 180 valence electrons. The molecule has 1 N–H and O–H groups in total. The molecule has 2 aromatic rings. The highest BCUT2D eigenvalue weighted by Gasteiger charge is 2.30. The Morgan fingerprint density at radius 2 is 1.73 bits per heavy atom. The SMILES string of the molecule is CNC(=O)C(C)N(Cc1cccc(OC)c1)C(=O)CN(c1ccccc1C(C)C)S(C)(=O)=O. The van der Waals surface area contributed by atoms with Crippen molar-refractivity contribution in [2.45, 2.75) is 39.3 Å². The number of likely N-dealkylation sites (N-methyl/N-ethyl adjacent to an activating group) is 1. The van der Waals surface area contributed by atoms with E-state index in [2.05, 4.69) is 5.32 Å². The monoisotopic (exact) mass is 475 g/mol. The number of nitrogens with zero attached hydrogens (tertiary/aromatic N) is 2. The lowest BCUT2D eigenvalue weighted by molar-refractivity contribution is -0.139. The average molecular weight is 476 g/mol. The number of carbonyl (C=O) groups is 2. The average Bonchev–Trinajstić information content (AvgIpc) is 2.79. The van der Waals surface area contributed by atoms with E-state index in [-0.39, 0.29) is 18.4 Å². The molecule has 0 radical (unpaired) electrons. The highest BCUT2D eigenvalue weighted by Crippen LogP contribution is 2.29. The maximum Gasteiger partial charge on any atom is 0.244 e. The van der Waals surface area contributed by atoms with Gasteiger partial charge in [-0.1, -0.05) is 44.2 Å². The number of hydrogen-bond donors (Lipinski definition) is 1. The Labute approximate surface area is 196 Å². The Bertz CT molecular complexity index is 1090. The van der Waals surface area contributed by atoms with Gasteiger partial charge in [0.15, 0.2) is 0 Å². The van der Waals surface area contributed by atoms with Gasteiger partial charge in [-0.15, -0.1) is 0 Å². The summed E-state index contributed by atoms with van der Waals surface area (Å²) in [7, 11) is -0.731. The third-order valence-electron chi connectivity index (χ3n) is 5.41. The first kappa shape index (κ1) is 26.2. The molecule has 0 aliphatic heterocycles. The van der Waals surface area contributed by atoms with E-state index in [0.717, 1.165) is 21.7 Å². The predicted molar refractivity (Wildman–Crippen MR) is 130 cm³/mol. The number of ether oxygens (including phenoxy) is 1. The topological polar surface area (TPSA) is 96.0 Å². The number of rotatable bonds is 10. The zero-order valence-corrected chi connectivity index (χ0v) is 20.8. The van der Waals surface area contributed by atoms with Gasteiger partial charge in [-0.05, 0) is 42.2 Å². The van der Waals surface area contributed by atoms with Crippen LogP contribution in [-0.2, 0) is 26.2 Å². The number of benzene rings is 2. The Balaban J connectivity index is 2.46. The Morgan fingerprint density at radius 1 is 1.06 bits per heavy atom. The number of carbonyl (C=O) groups excluding carboxylic acids is 2. The highest BCUT2D eigenvalue weighted by molar-refractivity contribution is 7.92. The van der Waals surface area contributed by atoms with E-state index >= 15 is 0 Å². The Morgan fingerprint density at radius 3 is 2.30 bits per heavy atom. The van der Waals surface area contributed by atoms with Gasteiger partial charge >= 0.3 is 0 Å². The van der Waals surface area contributed by atoms with Gasteiger partial charge in [-0.25, -0.2) is 8.42 Å². The molecule has 9 heteroatoms. The van der Waals surface area contributed by atoms with Crippen LogP contribution in [-0.4, -0.2) is 58.1 Å². The molecule has 0 spiro atoms.